The number of nitrogens with two attached hydrogens (primary N) is 1. The maximum Gasteiger partial charge on any atom is 0.326 e. The van der Waals surface area contributed by atoms with Crippen LogP contribution in [0.4, 0.5) is 0 Å². The standard InChI is InChI=1S/C15H25N3O6/c1-3-8(2)12(16)13(21)17-9(7-11(19)20)14(22)18-6-4-5-10(18)15(23)24/h8-10,12H,3-7,16H2,1-2H3,(H,17,21)(H,19,20)(H,23,24). The summed E-state index contributed by atoms with van der Waals surface area (Å²) in [6.45, 7) is 3.86. The van der Waals surface area contributed by atoms with E-state index in [1.165, 1.54) is 0 Å². The van der Waals surface area contributed by atoms with Crippen LogP contribution >= 0.6 is 0 Å². The summed E-state index contributed by atoms with van der Waals surface area (Å²) in [5.74, 6) is -3.86. The molecule has 1 aliphatic heterocycles. The maximum atomic E-state index is 12.5. The highest BCUT2D eigenvalue weighted by Crippen LogP contribution is 2.19. The van der Waals surface area contributed by atoms with Gasteiger partial charge in [0.25, 0.3) is 0 Å². The average Bonchev–Trinajstić information content (AvgIpc) is 3.01. The van der Waals surface area contributed by atoms with Crippen molar-refractivity contribution in [3.8, 4) is 0 Å². The Bertz CT molecular complexity index is 509. The first kappa shape index (κ1) is 19.9. The lowest BCUT2D eigenvalue weighted by Gasteiger charge is -2.28. The van der Waals surface area contributed by atoms with Gasteiger partial charge in [0.1, 0.15) is 12.1 Å². The fraction of sp³-hybridized carbons (Fsp3) is 0.733. The Morgan fingerprint density at radius 1 is 1.29 bits per heavy atom. The highest BCUT2D eigenvalue weighted by molar-refractivity contribution is 5.94. The fourth-order valence-electron chi connectivity index (χ4n) is 2.64. The van der Waals surface area contributed by atoms with Crippen molar-refractivity contribution in [3.63, 3.8) is 0 Å². The molecular weight excluding hydrogens is 318 g/mol. The van der Waals surface area contributed by atoms with Gasteiger partial charge in [-0.1, -0.05) is 20.3 Å². The molecule has 136 valence electrons. The third-order valence-electron chi connectivity index (χ3n) is 4.37. The predicted molar refractivity (Wildman–Crippen MR) is 84.0 cm³/mol. The van der Waals surface area contributed by atoms with Crippen LogP contribution < -0.4 is 11.1 Å². The summed E-state index contributed by atoms with van der Waals surface area (Å²) in [7, 11) is 0. The van der Waals surface area contributed by atoms with Gasteiger partial charge in [-0.3, -0.25) is 14.4 Å². The second-order valence-electron chi connectivity index (χ2n) is 6.10. The van der Waals surface area contributed by atoms with Crippen LogP contribution in [0.3, 0.4) is 0 Å². The summed E-state index contributed by atoms with van der Waals surface area (Å²) in [5, 5.41) is 20.5. The molecule has 0 spiro atoms. The minimum atomic E-state index is -1.33. The lowest BCUT2D eigenvalue weighted by molar-refractivity contribution is -0.150. The van der Waals surface area contributed by atoms with Crippen LogP contribution in [-0.2, 0) is 19.2 Å². The van der Waals surface area contributed by atoms with E-state index in [2.05, 4.69) is 5.32 Å². The quantitative estimate of drug-likeness (QED) is 0.459. The topological polar surface area (TPSA) is 150 Å². The number of carboxylic acid groups (broad SMARTS) is 2. The van der Waals surface area contributed by atoms with Crippen LogP contribution in [0.15, 0.2) is 0 Å². The molecule has 0 aliphatic carbocycles. The van der Waals surface area contributed by atoms with Gasteiger partial charge in [-0.25, -0.2) is 4.79 Å². The molecule has 9 nitrogen and oxygen atoms in total. The number of hydrogen-bond acceptors (Lipinski definition) is 5. The lowest BCUT2D eigenvalue weighted by Crippen LogP contribution is -2.56. The minimum absolute atomic E-state index is 0.135. The summed E-state index contributed by atoms with van der Waals surface area (Å²) in [4.78, 5) is 48.0. The molecule has 0 saturated carbocycles. The zero-order chi connectivity index (χ0) is 18.4. The van der Waals surface area contributed by atoms with Gasteiger partial charge in [-0.2, -0.15) is 0 Å². The second-order valence-corrected chi connectivity index (χ2v) is 6.10. The van der Waals surface area contributed by atoms with Crippen molar-refractivity contribution in [2.45, 2.75) is 57.7 Å². The molecule has 1 fully saturated rings. The molecule has 0 aromatic heterocycles. The number of carbonyl (C=O) groups is 4. The van der Waals surface area contributed by atoms with Gasteiger partial charge in [-0.15, -0.1) is 0 Å². The summed E-state index contributed by atoms with van der Waals surface area (Å²) < 4.78 is 0. The monoisotopic (exact) mass is 343 g/mol. The third kappa shape index (κ3) is 4.92. The largest absolute Gasteiger partial charge is 0.481 e. The Hall–Kier alpha value is -2.16. The third-order valence-corrected chi connectivity index (χ3v) is 4.37. The number of carboxylic acids is 2. The van der Waals surface area contributed by atoms with Crippen molar-refractivity contribution >= 4 is 23.8 Å². The number of carbonyl (C=O) groups excluding carboxylic acids is 2. The Morgan fingerprint density at radius 2 is 1.92 bits per heavy atom. The van der Waals surface area contributed by atoms with Gasteiger partial charge in [0.2, 0.25) is 11.8 Å². The SMILES string of the molecule is CCC(C)C(N)C(=O)NC(CC(=O)O)C(=O)N1CCCC1C(=O)O. The van der Waals surface area contributed by atoms with Crippen LogP contribution in [0.5, 0.6) is 0 Å². The molecule has 2 amide bonds. The number of likely N-dealkylation sites (tertiary alicyclic amines) is 1. The molecule has 1 heterocycles. The van der Waals surface area contributed by atoms with Crippen LogP contribution in [0.25, 0.3) is 0 Å². The number of rotatable bonds is 8. The van der Waals surface area contributed by atoms with Gasteiger partial charge in [0.15, 0.2) is 0 Å². The summed E-state index contributed by atoms with van der Waals surface area (Å²) in [6.07, 6.45) is 0.851. The molecule has 1 saturated heterocycles. The Balaban J connectivity index is 2.88. The Kier molecular flexibility index (Phi) is 7.15. The molecule has 0 bridgehead atoms. The average molecular weight is 343 g/mol. The van der Waals surface area contributed by atoms with E-state index < -0.39 is 48.3 Å². The van der Waals surface area contributed by atoms with Gasteiger partial charge in [-0.05, 0) is 18.8 Å². The first-order valence-corrected chi connectivity index (χ1v) is 8.00. The van der Waals surface area contributed by atoms with Crippen molar-refractivity contribution in [1.29, 1.82) is 0 Å². The number of aliphatic carboxylic acids is 2. The Morgan fingerprint density at radius 3 is 2.42 bits per heavy atom. The van der Waals surface area contributed by atoms with Crippen LogP contribution in [0.1, 0.15) is 39.5 Å². The number of nitrogens with zero attached hydrogens (tertiary/aromatic N) is 1. The number of amides is 2. The van der Waals surface area contributed by atoms with Crippen LogP contribution in [-0.4, -0.2) is 63.5 Å². The van der Waals surface area contributed by atoms with Crippen molar-refractivity contribution in [2.24, 2.45) is 11.7 Å². The van der Waals surface area contributed by atoms with E-state index in [9.17, 15) is 19.2 Å². The molecule has 1 rings (SSSR count). The molecule has 0 aromatic rings. The van der Waals surface area contributed by atoms with E-state index in [4.69, 9.17) is 15.9 Å². The highest BCUT2D eigenvalue weighted by Gasteiger charge is 2.38. The minimum Gasteiger partial charge on any atom is -0.481 e. The van der Waals surface area contributed by atoms with Gasteiger partial charge < -0.3 is 26.2 Å². The van der Waals surface area contributed by atoms with Gasteiger partial charge >= 0.3 is 11.9 Å². The predicted octanol–water partition coefficient (Wildman–Crippen LogP) is -0.605. The number of nitrogens with one attached hydrogen (secondary N) is 1. The molecule has 0 aromatic carbocycles. The summed E-state index contributed by atoms with van der Waals surface area (Å²) in [5.41, 5.74) is 5.80. The zero-order valence-corrected chi connectivity index (χ0v) is 13.9. The first-order valence-electron chi connectivity index (χ1n) is 8.00. The van der Waals surface area contributed by atoms with E-state index in [0.717, 1.165) is 4.90 Å². The summed E-state index contributed by atoms with van der Waals surface area (Å²) in [6, 6.07) is -3.19. The molecule has 0 radical (unpaired) electrons. The van der Waals surface area contributed by atoms with Crippen molar-refractivity contribution in [1.82, 2.24) is 10.2 Å². The zero-order valence-electron chi connectivity index (χ0n) is 13.9. The van der Waals surface area contributed by atoms with E-state index in [0.29, 0.717) is 19.3 Å². The second kappa shape index (κ2) is 8.62. The van der Waals surface area contributed by atoms with E-state index in [1.807, 2.05) is 6.92 Å². The molecule has 5 N–H and O–H groups in total. The van der Waals surface area contributed by atoms with E-state index in [1.54, 1.807) is 6.92 Å². The van der Waals surface area contributed by atoms with Gasteiger partial charge in [0, 0.05) is 6.54 Å². The van der Waals surface area contributed by atoms with Crippen LogP contribution in [0.2, 0.25) is 0 Å². The van der Waals surface area contributed by atoms with E-state index in [-0.39, 0.29) is 12.5 Å². The molecule has 4 atom stereocenters. The number of hydrogen-bond donors (Lipinski definition) is 4. The van der Waals surface area contributed by atoms with Crippen LogP contribution in [0, 0.1) is 5.92 Å². The molecule has 9 heteroatoms. The first-order chi connectivity index (χ1) is 11.2. The Labute approximate surface area is 140 Å². The van der Waals surface area contributed by atoms with Crippen molar-refractivity contribution in [3.05, 3.63) is 0 Å². The molecular formula is C15H25N3O6. The fourth-order valence-corrected chi connectivity index (χ4v) is 2.64. The molecule has 24 heavy (non-hydrogen) atoms. The smallest absolute Gasteiger partial charge is 0.326 e. The summed E-state index contributed by atoms with van der Waals surface area (Å²) >= 11 is 0. The molecule has 1 aliphatic rings. The van der Waals surface area contributed by atoms with Crippen molar-refractivity contribution in [2.75, 3.05) is 6.54 Å². The maximum absolute atomic E-state index is 12.5. The van der Waals surface area contributed by atoms with Crippen molar-refractivity contribution < 1.29 is 29.4 Å². The highest BCUT2D eigenvalue weighted by atomic mass is 16.4. The molecule has 4 unspecified atom stereocenters. The normalized spacial score (nSPS) is 21.0. The lowest BCUT2D eigenvalue weighted by atomic mass is 9.99. The van der Waals surface area contributed by atoms with E-state index >= 15 is 0 Å². The van der Waals surface area contributed by atoms with Gasteiger partial charge in [0.05, 0.1) is 12.5 Å².